The summed E-state index contributed by atoms with van der Waals surface area (Å²) >= 11 is 0. The molecule has 2 fully saturated rings. The standard InChI is InChI=1S/C16H26N2O/c19-13-14-4-1-7-16(12-14)18-9-3-8-17(10-11-18)15-5-2-6-15/h4,12,15,19H,1-3,5-11,13H2. The Morgan fingerprint density at radius 2 is 2.00 bits per heavy atom. The van der Waals surface area contributed by atoms with Gasteiger partial charge < -0.3 is 10.0 Å². The van der Waals surface area contributed by atoms with Crippen LogP contribution in [-0.4, -0.2) is 53.7 Å². The molecule has 0 aromatic rings. The van der Waals surface area contributed by atoms with Crippen LogP contribution in [0.1, 0.15) is 38.5 Å². The van der Waals surface area contributed by atoms with Crippen LogP contribution in [0.25, 0.3) is 0 Å². The summed E-state index contributed by atoms with van der Waals surface area (Å²) in [6.45, 7) is 5.04. The summed E-state index contributed by atoms with van der Waals surface area (Å²) in [5, 5.41) is 9.28. The number of allylic oxidation sites excluding steroid dienone is 2. The summed E-state index contributed by atoms with van der Waals surface area (Å²) in [6.07, 6.45) is 12.2. The zero-order chi connectivity index (χ0) is 13.1. The molecule has 1 saturated carbocycles. The zero-order valence-corrected chi connectivity index (χ0v) is 11.9. The van der Waals surface area contributed by atoms with Gasteiger partial charge in [-0.3, -0.25) is 4.90 Å². The van der Waals surface area contributed by atoms with E-state index in [1.54, 1.807) is 0 Å². The molecule has 1 saturated heterocycles. The van der Waals surface area contributed by atoms with Crippen molar-refractivity contribution in [2.45, 2.75) is 44.6 Å². The highest BCUT2D eigenvalue weighted by Crippen LogP contribution is 2.27. The molecule has 19 heavy (non-hydrogen) atoms. The van der Waals surface area contributed by atoms with Crippen LogP contribution in [0.3, 0.4) is 0 Å². The first kappa shape index (κ1) is 13.2. The second kappa shape index (κ2) is 6.10. The van der Waals surface area contributed by atoms with Crippen LogP contribution < -0.4 is 0 Å². The van der Waals surface area contributed by atoms with E-state index in [1.807, 2.05) is 0 Å². The summed E-state index contributed by atoms with van der Waals surface area (Å²) < 4.78 is 0. The fourth-order valence-electron chi connectivity index (χ4n) is 3.45. The van der Waals surface area contributed by atoms with E-state index in [0.29, 0.717) is 0 Å². The van der Waals surface area contributed by atoms with Crippen molar-refractivity contribution in [3.63, 3.8) is 0 Å². The Kier molecular flexibility index (Phi) is 4.24. The molecule has 0 aromatic carbocycles. The van der Waals surface area contributed by atoms with Crippen LogP contribution in [0.4, 0.5) is 0 Å². The van der Waals surface area contributed by atoms with Gasteiger partial charge in [-0.05, 0) is 43.8 Å². The van der Waals surface area contributed by atoms with Gasteiger partial charge in [0.25, 0.3) is 0 Å². The van der Waals surface area contributed by atoms with Crippen molar-refractivity contribution in [2.24, 2.45) is 0 Å². The molecule has 3 rings (SSSR count). The van der Waals surface area contributed by atoms with Gasteiger partial charge in [0.05, 0.1) is 6.61 Å². The number of rotatable bonds is 3. The van der Waals surface area contributed by atoms with E-state index in [9.17, 15) is 5.11 Å². The highest BCUT2D eigenvalue weighted by Gasteiger charge is 2.27. The summed E-state index contributed by atoms with van der Waals surface area (Å²) in [4.78, 5) is 5.26. The lowest BCUT2D eigenvalue weighted by atomic mass is 9.91. The topological polar surface area (TPSA) is 26.7 Å². The van der Waals surface area contributed by atoms with Gasteiger partial charge in [0, 0.05) is 37.9 Å². The van der Waals surface area contributed by atoms with E-state index in [-0.39, 0.29) is 6.61 Å². The molecule has 0 bridgehead atoms. The molecule has 3 heteroatoms. The largest absolute Gasteiger partial charge is 0.392 e. The minimum absolute atomic E-state index is 0.186. The van der Waals surface area contributed by atoms with E-state index >= 15 is 0 Å². The van der Waals surface area contributed by atoms with E-state index in [4.69, 9.17) is 0 Å². The summed E-state index contributed by atoms with van der Waals surface area (Å²) in [5.74, 6) is 0. The lowest BCUT2D eigenvalue weighted by molar-refractivity contribution is 0.132. The molecule has 0 atom stereocenters. The number of aliphatic hydroxyl groups excluding tert-OH is 1. The Bertz CT molecular complexity index is 371. The molecule has 3 aliphatic rings. The van der Waals surface area contributed by atoms with Crippen molar-refractivity contribution in [3.8, 4) is 0 Å². The molecule has 1 aliphatic heterocycles. The molecule has 2 aliphatic carbocycles. The molecule has 0 aromatic heterocycles. The third-order valence-electron chi connectivity index (χ3n) is 4.87. The number of aliphatic hydroxyl groups is 1. The summed E-state index contributed by atoms with van der Waals surface area (Å²) in [5.41, 5.74) is 2.54. The van der Waals surface area contributed by atoms with E-state index < -0.39 is 0 Å². The number of hydrogen-bond acceptors (Lipinski definition) is 3. The van der Waals surface area contributed by atoms with Gasteiger partial charge >= 0.3 is 0 Å². The van der Waals surface area contributed by atoms with Gasteiger partial charge in [-0.25, -0.2) is 0 Å². The molecule has 0 unspecified atom stereocenters. The number of hydrogen-bond donors (Lipinski definition) is 1. The summed E-state index contributed by atoms with van der Waals surface area (Å²) in [7, 11) is 0. The van der Waals surface area contributed by atoms with Crippen LogP contribution in [0, 0.1) is 0 Å². The maximum absolute atomic E-state index is 9.28. The van der Waals surface area contributed by atoms with Gasteiger partial charge in [0.15, 0.2) is 0 Å². The van der Waals surface area contributed by atoms with Crippen molar-refractivity contribution in [2.75, 3.05) is 32.8 Å². The second-order valence-electron chi connectivity index (χ2n) is 6.07. The first-order valence-electron chi connectivity index (χ1n) is 7.86. The normalized spacial score (nSPS) is 26.5. The molecular formula is C16H26N2O. The molecule has 3 nitrogen and oxygen atoms in total. The highest BCUT2D eigenvalue weighted by atomic mass is 16.3. The summed E-state index contributed by atoms with van der Waals surface area (Å²) in [6, 6.07) is 0.883. The van der Waals surface area contributed by atoms with Gasteiger partial charge in [0.2, 0.25) is 0 Å². The molecule has 1 N–H and O–H groups in total. The molecule has 0 radical (unpaired) electrons. The second-order valence-corrected chi connectivity index (χ2v) is 6.07. The molecular weight excluding hydrogens is 236 g/mol. The first-order valence-corrected chi connectivity index (χ1v) is 7.86. The molecule has 0 spiro atoms. The van der Waals surface area contributed by atoms with Crippen molar-refractivity contribution < 1.29 is 5.11 Å². The van der Waals surface area contributed by atoms with Crippen LogP contribution in [0.15, 0.2) is 23.4 Å². The zero-order valence-electron chi connectivity index (χ0n) is 11.9. The average Bonchev–Trinajstić information content (AvgIpc) is 2.63. The molecule has 0 amide bonds. The Balaban J connectivity index is 1.60. The first-order chi connectivity index (χ1) is 9.36. The van der Waals surface area contributed by atoms with Crippen molar-refractivity contribution in [3.05, 3.63) is 23.4 Å². The SMILES string of the molecule is OCC1=CCCC(N2CCCN(C3CCC3)CC2)=C1. The Morgan fingerprint density at radius 3 is 2.74 bits per heavy atom. The van der Waals surface area contributed by atoms with Crippen molar-refractivity contribution in [1.82, 2.24) is 9.80 Å². The Labute approximate surface area is 116 Å². The molecule has 106 valence electrons. The van der Waals surface area contributed by atoms with Crippen LogP contribution >= 0.6 is 0 Å². The van der Waals surface area contributed by atoms with E-state index in [1.165, 1.54) is 57.6 Å². The predicted octanol–water partition coefficient (Wildman–Crippen LogP) is 2.14. The van der Waals surface area contributed by atoms with Gasteiger partial charge in [0.1, 0.15) is 0 Å². The van der Waals surface area contributed by atoms with Gasteiger partial charge in [-0.2, -0.15) is 0 Å². The van der Waals surface area contributed by atoms with Crippen LogP contribution in [0.5, 0.6) is 0 Å². The third-order valence-corrected chi connectivity index (χ3v) is 4.87. The van der Waals surface area contributed by atoms with Crippen LogP contribution in [-0.2, 0) is 0 Å². The predicted molar refractivity (Wildman–Crippen MR) is 77.9 cm³/mol. The fourth-order valence-corrected chi connectivity index (χ4v) is 3.45. The van der Waals surface area contributed by atoms with Crippen LogP contribution in [0.2, 0.25) is 0 Å². The van der Waals surface area contributed by atoms with Crippen molar-refractivity contribution >= 4 is 0 Å². The highest BCUT2D eigenvalue weighted by molar-refractivity contribution is 5.27. The minimum atomic E-state index is 0.186. The molecule has 1 heterocycles. The number of nitrogens with zero attached hydrogens (tertiary/aromatic N) is 2. The minimum Gasteiger partial charge on any atom is -0.392 e. The average molecular weight is 262 g/mol. The fraction of sp³-hybridized carbons (Fsp3) is 0.750. The van der Waals surface area contributed by atoms with E-state index in [0.717, 1.165) is 24.5 Å². The Morgan fingerprint density at radius 1 is 1.11 bits per heavy atom. The van der Waals surface area contributed by atoms with Gasteiger partial charge in [-0.15, -0.1) is 0 Å². The maximum Gasteiger partial charge on any atom is 0.0679 e. The lowest BCUT2D eigenvalue weighted by Crippen LogP contribution is -2.42. The quantitative estimate of drug-likeness (QED) is 0.844. The third kappa shape index (κ3) is 3.03. The monoisotopic (exact) mass is 262 g/mol. The lowest BCUT2D eigenvalue weighted by Gasteiger charge is -2.37. The van der Waals surface area contributed by atoms with Gasteiger partial charge in [-0.1, -0.05) is 12.5 Å². The maximum atomic E-state index is 9.28. The smallest absolute Gasteiger partial charge is 0.0679 e. The Hall–Kier alpha value is -0.800. The van der Waals surface area contributed by atoms with E-state index in [2.05, 4.69) is 22.0 Å². The van der Waals surface area contributed by atoms with Crippen molar-refractivity contribution in [1.29, 1.82) is 0 Å².